The highest BCUT2D eigenvalue weighted by atomic mass is 31.0. The number of hydrogen-bond donors (Lipinski definition) is 0. The van der Waals surface area contributed by atoms with Crippen LogP contribution in [0, 0.1) is 0 Å². The van der Waals surface area contributed by atoms with E-state index in [-0.39, 0.29) is 0 Å². The fraction of sp³-hybridized carbons (Fsp3) is 0.600. The Morgan fingerprint density at radius 2 is 2.33 bits per heavy atom. The summed E-state index contributed by atoms with van der Waals surface area (Å²) in [4.78, 5) is 0. The van der Waals surface area contributed by atoms with Crippen molar-refractivity contribution in [2.24, 2.45) is 0 Å². The zero-order valence-electron chi connectivity index (χ0n) is 4.36. The van der Waals surface area contributed by atoms with Crippen molar-refractivity contribution in [2.75, 3.05) is 0 Å². The molecule has 0 aromatic carbocycles. The van der Waals surface area contributed by atoms with Crippen LogP contribution in [0.5, 0.6) is 0 Å². The molecule has 0 radical (unpaired) electrons. The SMILES string of the molecule is CC=[PH]=CCC. The van der Waals surface area contributed by atoms with Crippen LogP contribution in [0.4, 0.5) is 0 Å². The van der Waals surface area contributed by atoms with Crippen molar-refractivity contribution in [1.29, 1.82) is 0 Å². The maximum absolute atomic E-state index is 2.28. The molecule has 36 valence electrons. The summed E-state index contributed by atoms with van der Waals surface area (Å²) in [7, 11) is 0.965. The van der Waals surface area contributed by atoms with Crippen LogP contribution in [-0.2, 0) is 0 Å². The minimum absolute atomic E-state index is 0.965. The molecule has 0 aliphatic heterocycles. The van der Waals surface area contributed by atoms with E-state index in [1.165, 1.54) is 6.42 Å². The zero-order chi connectivity index (χ0) is 4.83. The van der Waals surface area contributed by atoms with Gasteiger partial charge in [-0.1, -0.05) is 18.5 Å². The molecule has 1 atom stereocenters. The molecule has 0 fully saturated rings. The lowest BCUT2D eigenvalue weighted by molar-refractivity contribution is 1.35. The summed E-state index contributed by atoms with van der Waals surface area (Å²) >= 11 is 0. The van der Waals surface area contributed by atoms with E-state index in [0.29, 0.717) is 0 Å². The second-order valence-corrected chi connectivity index (χ2v) is 2.39. The molecule has 0 saturated carbocycles. The van der Waals surface area contributed by atoms with Gasteiger partial charge in [0.15, 0.2) is 0 Å². The van der Waals surface area contributed by atoms with E-state index in [1.54, 1.807) is 0 Å². The molecule has 1 unspecified atom stereocenters. The van der Waals surface area contributed by atoms with Gasteiger partial charge in [0, 0.05) is 0 Å². The first kappa shape index (κ1) is 6.04. The Labute approximate surface area is 40.6 Å². The molecule has 0 nitrogen and oxygen atoms in total. The van der Waals surface area contributed by atoms with Crippen LogP contribution in [0.25, 0.3) is 0 Å². The summed E-state index contributed by atoms with van der Waals surface area (Å²) in [6.07, 6.45) is 1.21. The Balaban J connectivity index is 3.18. The topological polar surface area (TPSA) is 0 Å². The molecule has 0 saturated heterocycles. The summed E-state index contributed by atoms with van der Waals surface area (Å²) in [5, 5.41) is 0. The van der Waals surface area contributed by atoms with Gasteiger partial charge in [0.25, 0.3) is 0 Å². The fourth-order valence-electron chi connectivity index (χ4n) is 0.236. The summed E-state index contributed by atoms with van der Waals surface area (Å²) in [5.41, 5.74) is 0. The van der Waals surface area contributed by atoms with Crippen LogP contribution >= 0.6 is 7.83 Å². The monoisotopic (exact) mass is 102 g/mol. The van der Waals surface area contributed by atoms with E-state index >= 15 is 0 Å². The van der Waals surface area contributed by atoms with E-state index < -0.39 is 0 Å². The van der Waals surface area contributed by atoms with Gasteiger partial charge < -0.3 is 0 Å². The first-order chi connectivity index (χ1) is 2.91. The normalized spacial score (nSPS) is 8.33. The third kappa shape index (κ3) is 4.04. The molecule has 0 N–H and O–H groups in total. The standard InChI is InChI=1S/C5H11P/c1-3-5-6-4-2/h4-6H,3H2,1-2H3. The van der Waals surface area contributed by atoms with E-state index in [4.69, 9.17) is 0 Å². The largest absolute Gasteiger partial charge is 0.148 e. The average molecular weight is 102 g/mol. The van der Waals surface area contributed by atoms with Gasteiger partial charge in [-0.25, -0.2) is 0 Å². The lowest BCUT2D eigenvalue weighted by Crippen LogP contribution is -1.52. The molecule has 0 spiro atoms. The van der Waals surface area contributed by atoms with Gasteiger partial charge in [-0.2, -0.15) is 0 Å². The Bertz CT molecular complexity index is 68.0. The van der Waals surface area contributed by atoms with Gasteiger partial charge in [-0.15, -0.1) is 7.83 Å². The van der Waals surface area contributed by atoms with Gasteiger partial charge >= 0.3 is 0 Å². The van der Waals surface area contributed by atoms with Crippen molar-refractivity contribution in [3.05, 3.63) is 0 Å². The first-order valence-corrected chi connectivity index (χ1v) is 3.42. The van der Waals surface area contributed by atoms with Crippen LogP contribution in [0.3, 0.4) is 0 Å². The quantitative estimate of drug-likeness (QED) is 0.442. The Morgan fingerprint density at radius 3 is 2.50 bits per heavy atom. The minimum atomic E-state index is 0.965. The van der Waals surface area contributed by atoms with Crippen LogP contribution < -0.4 is 0 Å². The van der Waals surface area contributed by atoms with Gasteiger partial charge in [0.2, 0.25) is 0 Å². The summed E-state index contributed by atoms with van der Waals surface area (Å²) in [6, 6.07) is 0. The molecule has 0 aliphatic carbocycles. The molecule has 1 heteroatoms. The van der Waals surface area contributed by atoms with Crippen LogP contribution in [0.15, 0.2) is 0 Å². The van der Waals surface area contributed by atoms with Gasteiger partial charge in [0.05, 0.1) is 0 Å². The average Bonchev–Trinajstić information content (AvgIpc) is 1.61. The molecule has 0 aromatic heterocycles. The lowest BCUT2D eigenvalue weighted by Gasteiger charge is -1.63. The minimum Gasteiger partial charge on any atom is -0.148 e. The molecule has 0 aliphatic rings. The van der Waals surface area contributed by atoms with Crippen LogP contribution in [0.2, 0.25) is 0 Å². The molecular formula is C5H11P. The van der Waals surface area contributed by atoms with Crippen molar-refractivity contribution in [2.45, 2.75) is 20.3 Å². The van der Waals surface area contributed by atoms with E-state index in [9.17, 15) is 0 Å². The maximum atomic E-state index is 2.28. The van der Waals surface area contributed by atoms with Gasteiger partial charge in [-0.05, 0) is 13.3 Å². The lowest BCUT2D eigenvalue weighted by atomic mass is 10.6. The van der Waals surface area contributed by atoms with Crippen molar-refractivity contribution in [3.63, 3.8) is 0 Å². The Kier molecular flexibility index (Phi) is 5.07. The molecule has 0 amide bonds. The molecule has 6 heavy (non-hydrogen) atoms. The zero-order valence-corrected chi connectivity index (χ0v) is 5.36. The smallest absolute Gasteiger partial charge is 0.0341 e. The predicted molar refractivity (Wildman–Crippen MR) is 36.4 cm³/mol. The number of rotatable bonds is 1. The van der Waals surface area contributed by atoms with Crippen LogP contribution in [-0.4, -0.2) is 11.6 Å². The first-order valence-electron chi connectivity index (χ1n) is 2.27. The van der Waals surface area contributed by atoms with Gasteiger partial charge in [-0.3, -0.25) is 0 Å². The van der Waals surface area contributed by atoms with Crippen molar-refractivity contribution in [1.82, 2.24) is 0 Å². The van der Waals surface area contributed by atoms with Crippen LogP contribution in [0.1, 0.15) is 20.3 Å². The number of hydrogen-bond acceptors (Lipinski definition) is 0. The van der Waals surface area contributed by atoms with E-state index in [1.807, 2.05) is 0 Å². The summed E-state index contributed by atoms with van der Waals surface area (Å²) in [5.74, 6) is 4.46. The van der Waals surface area contributed by atoms with Crippen molar-refractivity contribution in [3.8, 4) is 0 Å². The molecular weight excluding hydrogens is 91.0 g/mol. The van der Waals surface area contributed by atoms with E-state index in [2.05, 4.69) is 25.4 Å². The van der Waals surface area contributed by atoms with Gasteiger partial charge in [0.1, 0.15) is 0 Å². The molecule has 0 aromatic rings. The highest BCUT2D eigenvalue weighted by Gasteiger charge is 1.50. The van der Waals surface area contributed by atoms with E-state index in [0.717, 1.165) is 7.83 Å². The van der Waals surface area contributed by atoms with Crippen molar-refractivity contribution >= 4 is 19.4 Å². The fourth-order valence-corrected chi connectivity index (χ4v) is 0.707. The highest BCUT2D eigenvalue weighted by Crippen LogP contribution is 1.74. The third-order valence-electron chi connectivity index (χ3n) is 0.489. The predicted octanol–water partition coefficient (Wildman–Crippen LogP) is 1.70. The van der Waals surface area contributed by atoms with Crippen molar-refractivity contribution < 1.29 is 0 Å². The highest BCUT2D eigenvalue weighted by molar-refractivity contribution is 7.38. The molecule has 0 heterocycles. The Hall–Kier alpha value is 0.0400. The molecule has 0 bridgehead atoms. The third-order valence-corrected chi connectivity index (χ3v) is 1.47. The second-order valence-electron chi connectivity index (χ2n) is 1.07. The maximum Gasteiger partial charge on any atom is -0.0341 e. The molecule has 0 rings (SSSR count). The summed E-state index contributed by atoms with van der Waals surface area (Å²) in [6.45, 7) is 4.25. The Morgan fingerprint density at radius 1 is 1.67 bits per heavy atom. The summed E-state index contributed by atoms with van der Waals surface area (Å²) < 4.78 is 0. The second kappa shape index (κ2) is 5.04.